The van der Waals surface area contributed by atoms with Crippen LogP contribution in [0.15, 0.2) is 79.1 Å². The predicted molar refractivity (Wildman–Crippen MR) is 123 cm³/mol. The first-order valence-electron chi connectivity index (χ1n) is 10.4. The standard InChI is InChI=1S/C25H25N5/c1-29-13-3-2-4-14-30-15-11-20-8-9-21(17-24(20)30)23-10-12-26-25(28-23)27-22-7-5-6-19(16-22)18-29/h2-3,5-12,15-17H,4,13-14,18H2,1H3,(H,26,27,28)/b3-2-. The van der Waals surface area contributed by atoms with Gasteiger partial charge in [-0.15, -0.1) is 0 Å². The van der Waals surface area contributed by atoms with E-state index in [2.05, 4.69) is 93.7 Å². The highest BCUT2D eigenvalue weighted by Crippen LogP contribution is 2.25. The number of allylic oxidation sites excluding steroid dienone is 1. The molecule has 1 aliphatic heterocycles. The van der Waals surface area contributed by atoms with E-state index < -0.39 is 0 Å². The van der Waals surface area contributed by atoms with Crippen molar-refractivity contribution in [1.82, 2.24) is 19.4 Å². The molecule has 1 N–H and O–H groups in total. The zero-order valence-electron chi connectivity index (χ0n) is 17.1. The average Bonchev–Trinajstić information content (AvgIpc) is 3.16. The molecule has 2 aromatic heterocycles. The molecule has 2 aromatic carbocycles. The van der Waals surface area contributed by atoms with Crippen molar-refractivity contribution >= 4 is 22.5 Å². The van der Waals surface area contributed by atoms with Crippen LogP contribution in [0.3, 0.4) is 0 Å². The topological polar surface area (TPSA) is 46.0 Å². The van der Waals surface area contributed by atoms with Gasteiger partial charge in [0.2, 0.25) is 5.95 Å². The molecule has 5 heteroatoms. The van der Waals surface area contributed by atoms with Gasteiger partial charge in [-0.1, -0.05) is 36.4 Å². The second kappa shape index (κ2) is 8.13. The summed E-state index contributed by atoms with van der Waals surface area (Å²) in [5.74, 6) is 0.609. The van der Waals surface area contributed by atoms with Crippen LogP contribution in [-0.2, 0) is 13.1 Å². The van der Waals surface area contributed by atoms with Crippen LogP contribution in [0.1, 0.15) is 12.0 Å². The second-order valence-electron chi connectivity index (χ2n) is 7.83. The number of hydrogen-bond acceptors (Lipinski definition) is 4. The van der Waals surface area contributed by atoms with E-state index in [0.29, 0.717) is 5.95 Å². The molecule has 1 aliphatic rings. The number of aromatic nitrogens is 3. The molecule has 0 saturated heterocycles. The summed E-state index contributed by atoms with van der Waals surface area (Å²) in [6.45, 7) is 2.79. The number of aryl methyl sites for hydroxylation is 1. The maximum absolute atomic E-state index is 4.77. The van der Waals surface area contributed by atoms with E-state index in [4.69, 9.17) is 4.98 Å². The number of nitrogens with zero attached hydrogens (tertiary/aromatic N) is 4. The lowest BCUT2D eigenvalue weighted by atomic mass is 10.1. The molecule has 0 saturated carbocycles. The molecule has 5 rings (SSSR count). The molecule has 0 unspecified atom stereocenters. The van der Waals surface area contributed by atoms with Crippen LogP contribution >= 0.6 is 0 Å². The summed E-state index contributed by atoms with van der Waals surface area (Å²) in [6, 6.07) is 19.1. The van der Waals surface area contributed by atoms with Crippen LogP contribution < -0.4 is 5.32 Å². The normalized spacial score (nSPS) is 16.0. The third kappa shape index (κ3) is 3.98. The summed E-state index contributed by atoms with van der Waals surface area (Å²) in [4.78, 5) is 11.5. The maximum Gasteiger partial charge on any atom is 0.227 e. The van der Waals surface area contributed by atoms with Gasteiger partial charge in [-0.3, -0.25) is 4.90 Å². The SMILES string of the molecule is CN1C/C=C\CCn2ccc3ccc(cc32)-c2ccnc(n2)Nc2cccc(c2)C1. The van der Waals surface area contributed by atoms with E-state index in [1.54, 1.807) is 0 Å². The quantitative estimate of drug-likeness (QED) is 0.414. The first kappa shape index (κ1) is 18.6. The molecule has 0 amide bonds. The highest BCUT2D eigenvalue weighted by molar-refractivity contribution is 5.85. The van der Waals surface area contributed by atoms with Crippen molar-refractivity contribution in [3.05, 3.63) is 84.7 Å². The van der Waals surface area contributed by atoms with Gasteiger partial charge in [-0.2, -0.15) is 0 Å². The first-order chi connectivity index (χ1) is 14.7. The van der Waals surface area contributed by atoms with Crippen molar-refractivity contribution in [2.45, 2.75) is 19.5 Å². The smallest absolute Gasteiger partial charge is 0.227 e. The van der Waals surface area contributed by atoms with Gasteiger partial charge >= 0.3 is 0 Å². The van der Waals surface area contributed by atoms with Crippen molar-refractivity contribution < 1.29 is 0 Å². The second-order valence-corrected chi connectivity index (χ2v) is 7.83. The summed E-state index contributed by atoms with van der Waals surface area (Å²) < 4.78 is 2.32. The van der Waals surface area contributed by atoms with E-state index in [1.807, 2.05) is 12.3 Å². The number of benzene rings is 2. The van der Waals surface area contributed by atoms with E-state index in [-0.39, 0.29) is 0 Å². The monoisotopic (exact) mass is 395 g/mol. The Morgan fingerprint density at radius 1 is 1.00 bits per heavy atom. The fraction of sp³-hybridized carbons (Fsp3) is 0.200. The van der Waals surface area contributed by atoms with Gasteiger partial charge in [0.05, 0.1) is 5.69 Å². The summed E-state index contributed by atoms with van der Waals surface area (Å²) in [5.41, 5.74) is 5.51. The molecular formula is C25H25N5. The van der Waals surface area contributed by atoms with Crippen LogP contribution in [-0.4, -0.2) is 33.0 Å². The Morgan fingerprint density at radius 2 is 1.97 bits per heavy atom. The predicted octanol–water partition coefficient (Wildman–Crippen LogP) is 5.23. The lowest BCUT2D eigenvalue weighted by Crippen LogP contribution is -2.17. The Labute approximate surface area is 176 Å². The third-order valence-electron chi connectivity index (χ3n) is 5.48. The Kier molecular flexibility index (Phi) is 5.03. The first-order valence-corrected chi connectivity index (χ1v) is 10.4. The van der Waals surface area contributed by atoms with Gasteiger partial charge < -0.3 is 9.88 Å². The molecule has 0 atom stereocenters. The van der Waals surface area contributed by atoms with Gasteiger partial charge in [0.25, 0.3) is 0 Å². The van der Waals surface area contributed by atoms with Crippen LogP contribution in [0.25, 0.3) is 22.2 Å². The number of fused-ring (bicyclic) bond motifs is 6. The van der Waals surface area contributed by atoms with Crippen LogP contribution in [0.2, 0.25) is 0 Å². The molecule has 4 aromatic rings. The van der Waals surface area contributed by atoms with Gasteiger partial charge in [0.1, 0.15) is 0 Å². The van der Waals surface area contributed by atoms with Crippen LogP contribution in [0.5, 0.6) is 0 Å². The lowest BCUT2D eigenvalue weighted by molar-refractivity contribution is 0.363. The number of hydrogen-bond donors (Lipinski definition) is 1. The third-order valence-corrected chi connectivity index (χ3v) is 5.48. The van der Waals surface area contributed by atoms with Crippen LogP contribution in [0.4, 0.5) is 11.6 Å². The minimum Gasteiger partial charge on any atom is -0.347 e. The van der Waals surface area contributed by atoms with Crippen molar-refractivity contribution in [2.24, 2.45) is 0 Å². The Balaban J connectivity index is 1.56. The number of nitrogens with one attached hydrogen (secondary N) is 1. The fourth-order valence-electron chi connectivity index (χ4n) is 3.96. The van der Waals surface area contributed by atoms with Gasteiger partial charge in [0, 0.05) is 48.8 Å². The van der Waals surface area contributed by atoms with Crippen molar-refractivity contribution in [2.75, 3.05) is 18.9 Å². The van der Waals surface area contributed by atoms with E-state index >= 15 is 0 Å². The highest BCUT2D eigenvalue weighted by Gasteiger charge is 2.08. The highest BCUT2D eigenvalue weighted by atomic mass is 15.1. The van der Waals surface area contributed by atoms with E-state index in [9.17, 15) is 0 Å². The van der Waals surface area contributed by atoms with Crippen molar-refractivity contribution in [3.63, 3.8) is 0 Å². The average molecular weight is 396 g/mol. The zero-order valence-corrected chi connectivity index (χ0v) is 17.1. The zero-order chi connectivity index (χ0) is 20.3. The molecule has 3 heterocycles. The molecule has 0 fully saturated rings. The molecular weight excluding hydrogens is 370 g/mol. The molecule has 5 nitrogen and oxygen atoms in total. The molecule has 0 aliphatic carbocycles. The minimum absolute atomic E-state index is 0.609. The van der Waals surface area contributed by atoms with Crippen molar-refractivity contribution in [1.29, 1.82) is 0 Å². The van der Waals surface area contributed by atoms with Crippen LogP contribution in [0, 0.1) is 0 Å². The summed E-state index contributed by atoms with van der Waals surface area (Å²) in [7, 11) is 2.15. The molecule has 0 radical (unpaired) electrons. The minimum atomic E-state index is 0.609. The number of likely N-dealkylation sites (N-methyl/N-ethyl adjacent to an activating group) is 1. The number of rotatable bonds is 0. The summed E-state index contributed by atoms with van der Waals surface area (Å²) >= 11 is 0. The fourth-order valence-corrected chi connectivity index (χ4v) is 3.96. The Hall–Kier alpha value is -3.44. The van der Waals surface area contributed by atoms with E-state index in [0.717, 1.165) is 43.0 Å². The molecule has 6 bridgehead atoms. The molecule has 30 heavy (non-hydrogen) atoms. The van der Waals surface area contributed by atoms with Gasteiger partial charge in [-0.25, -0.2) is 9.97 Å². The van der Waals surface area contributed by atoms with E-state index in [1.165, 1.54) is 16.5 Å². The Bertz CT molecular complexity index is 1210. The summed E-state index contributed by atoms with van der Waals surface area (Å²) in [6.07, 6.45) is 9.55. The Morgan fingerprint density at radius 3 is 2.93 bits per heavy atom. The lowest BCUT2D eigenvalue weighted by Gasteiger charge is -2.15. The van der Waals surface area contributed by atoms with Crippen molar-refractivity contribution in [3.8, 4) is 11.3 Å². The van der Waals surface area contributed by atoms with Gasteiger partial charge in [0.15, 0.2) is 0 Å². The number of anilines is 2. The maximum atomic E-state index is 4.77. The molecule has 0 spiro atoms. The largest absolute Gasteiger partial charge is 0.347 e. The summed E-state index contributed by atoms with van der Waals surface area (Å²) in [5, 5.41) is 4.62. The molecule has 150 valence electrons. The van der Waals surface area contributed by atoms with Gasteiger partial charge in [-0.05, 0) is 54.8 Å².